The van der Waals surface area contributed by atoms with Crippen molar-refractivity contribution in [3.05, 3.63) is 65.0 Å². The van der Waals surface area contributed by atoms with Gasteiger partial charge in [-0.3, -0.25) is 4.79 Å². The van der Waals surface area contributed by atoms with E-state index in [2.05, 4.69) is 0 Å². The second kappa shape index (κ2) is 5.55. The maximum absolute atomic E-state index is 13.5. The highest BCUT2D eigenvalue weighted by Gasteiger charge is 2.31. The second-order valence-corrected chi connectivity index (χ2v) is 4.46. The van der Waals surface area contributed by atoms with Crippen LogP contribution in [0.15, 0.2) is 42.5 Å². The van der Waals surface area contributed by atoms with Crippen molar-refractivity contribution in [2.45, 2.75) is 12.6 Å². The summed E-state index contributed by atoms with van der Waals surface area (Å²) < 4.78 is 51.3. The molecule has 0 aliphatic rings. The summed E-state index contributed by atoms with van der Waals surface area (Å²) in [6, 6.07) is 7.30. The zero-order valence-corrected chi connectivity index (χ0v) is 10.6. The lowest BCUT2D eigenvalue weighted by atomic mass is 10.0. The van der Waals surface area contributed by atoms with Crippen molar-refractivity contribution in [2.75, 3.05) is 0 Å². The molecule has 0 aromatic heterocycles. The van der Waals surface area contributed by atoms with Crippen LogP contribution in [0.2, 0.25) is 0 Å². The van der Waals surface area contributed by atoms with Crippen LogP contribution in [0, 0.1) is 5.82 Å². The van der Waals surface area contributed by atoms with Gasteiger partial charge < -0.3 is 5.11 Å². The van der Waals surface area contributed by atoms with Gasteiger partial charge in [-0.1, -0.05) is 12.1 Å². The van der Waals surface area contributed by atoms with E-state index >= 15 is 0 Å². The number of carbonyl (C=O) groups is 1. The molecule has 1 N–H and O–H groups in total. The number of phenols is 1. The van der Waals surface area contributed by atoms with Crippen LogP contribution in [0.5, 0.6) is 5.75 Å². The summed E-state index contributed by atoms with van der Waals surface area (Å²) in [7, 11) is 0. The molecule has 0 amide bonds. The monoisotopic (exact) mass is 298 g/mol. The number of hydrogen-bond donors (Lipinski definition) is 1. The fourth-order valence-corrected chi connectivity index (χ4v) is 1.81. The number of benzene rings is 2. The molecule has 2 aromatic carbocycles. The van der Waals surface area contributed by atoms with Crippen molar-refractivity contribution < 1.29 is 27.5 Å². The summed E-state index contributed by atoms with van der Waals surface area (Å²) in [4.78, 5) is 11.9. The van der Waals surface area contributed by atoms with Crippen molar-refractivity contribution >= 4 is 5.78 Å². The topological polar surface area (TPSA) is 37.3 Å². The van der Waals surface area contributed by atoms with Crippen molar-refractivity contribution in [1.82, 2.24) is 0 Å². The summed E-state index contributed by atoms with van der Waals surface area (Å²) in [5.74, 6) is -1.76. The van der Waals surface area contributed by atoms with Crippen molar-refractivity contribution in [2.24, 2.45) is 0 Å². The Kier molecular flexibility index (Phi) is 3.97. The zero-order chi connectivity index (χ0) is 15.6. The highest BCUT2D eigenvalue weighted by atomic mass is 19.4. The maximum atomic E-state index is 13.5. The summed E-state index contributed by atoms with van der Waals surface area (Å²) in [5, 5.41) is 9.11. The third-order valence-electron chi connectivity index (χ3n) is 2.90. The molecule has 0 fully saturated rings. The van der Waals surface area contributed by atoms with E-state index in [0.717, 1.165) is 0 Å². The first-order chi connectivity index (χ1) is 9.77. The number of alkyl halides is 3. The summed E-state index contributed by atoms with van der Waals surface area (Å²) >= 11 is 0. The van der Waals surface area contributed by atoms with Crippen LogP contribution < -0.4 is 0 Å². The van der Waals surface area contributed by atoms with E-state index in [4.69, 9.17) is 5.11 Å². The molecule has 110 valence electrons. The second-order valence-electron chi connectivity index (χ2n) is 4.46. The number of phenolic OH excluding ortho intramolecular Hbond substituents is 1. The Labute approximate surface area is 117 Å². The third kappa shape index (κ3) is 3.59. The van der Waals surface area contributed by atoms with Crippen LogP contribution in [-0.4, -0.2) is 10.9 Å². The van der Waals surface area contributed by atoms with E-state index in [9.17, 15) is 22.4 Å². The first kappa shape index (κ1) is 15.0. The van der Waals surface area contributed by atoms with Gasteiger partial charge in [-0.2, -0.15) is 13.2 Å². The van der Waals surface area contributed by atoms with Crippen LogP contribution in [0.3, 0.4) is 0 Å². The van der Waals surface area contributed by atoms with Crippen molar-refractivity contribution in [1.29, 1.82) is 0 Å². The predicted molar refractivity (Wildman–Crippen MR) is 67.5 cm³/mol. The first-order valence-electron chi connectivity index (χ1n) is 5.95. The number of ketones is 1. The molecule has 2 aromatic rings. The van der Waals surface area contributed by atoms with E-state index in [1.165, 1.54) is 24.3 Å². The lowest BCUT2D eigenvalue weighted by Gasteiger charge is -2.09. The molecule has 0 saturated carbocycles. The molecule has 0 unspecified atom stereocenters. The predicted octanol–water partition coefficient (Wildman–Crippen LogP) is 3.98. The van der Waals surface area contributed by atoms with Gasteiger partial charge in [-0.15, -0.1) is 0 Å². The highest BCUT2D eigenvalue weighted by molar-refractivity contribution is 5.98. The zero-order valence-electron chi connectivity index (χ0n) is 10.6. The molecule has 0 aliphatic carbocycles. The summed E-state index contributed by atoms with van der Waals surface area (Å²) in [6.45, 7) is 0. The van der Waals surface area contributed by atoms with Crippen LogP contribution in [0.1, 0.15) is 21.5 Å². The quantitative estimate of drug-likeness (QED) is 0.687. The Balaban J connectivity index is 2.28. The molecule has 2 rings (SSSR count). The van der Waals surface area contributed by atoms with Gasteiger partial charge in [0.1, 0.15) is 11.6 Å². The Morgan fingerprint density at radius 2 is 1.67 bits per heavy atom. The van der Waals surface area contributed by atoms with Crippen LogP contribution in [0.4, 0.5) is 17.6 Å². The molecule has 0 radical (unpaired) electrons. The first-order valence-corrected chi connectivity index (χ1v) is 5.95. The van der Waals surface area contributed by atoms with Gasteiger partial charge >= 0.3 is 6.18 Å². The largest absolute Gasteiger partial charge is 0.508 e. The van der Waals surface area contributed by atoms with Crippen LogP contribution in [0.25, 0.3) is 0 Å². The van der Waals surface area contributed by atoms with Gasteiger partial charge in [0.2, 0.25) is 0 Å². The smallest absolute Gasteiger partial charge is 0.416 e. The number of aromatic hydroxyl groups is 1. The number of hydrogen-bond acceptors (Lipinski definition) is 2. The van der Waals surface area contributed by atoms with Crippen molar-refractivity contribution in [3.63, 3.8) is 0 Å². The van der Waals surface area contributed by atoms with Gasteiger partial charge in [0.05, 0.1) is 11.1 Å². The Hall–Kier alpha value is -2.37. The average Bonchev–Trinajstić information content (AvgIpc) is 2.40. The molecule has 6 heteroatoms. The van der Waals surface area contributed by atoms with E-state index < -0.39 is 28.9 Å². The van der Waals surface area contributed by atoms with Gasteiger partial charge in [-0.05, 0) is 35.9 Å². The lowest BCUT2D eigenvalue weighted by Crippen LogP contribution is -2.11. The normalized spacial score (nSPS) is 11.4. The molecular weight excluding hydrogens is 288 g/mol. The SMILES string of the molecule is O=C(Cc1ccc(O)cc1)c1cc(C(F)(F)F)ccc1F. The fourth-order valence-electron chi connectivity index (χ4n) is 1.81. The summed E-state index contributed by atoms with van der Waals surface area (Å²) in [6.07, 6.45) is -4.89. The number of carbonyl (C=O) groups excluding carboxylic acids is 1. The molecular formula is C15H10F4O2. The molecule has 2 nitrogen and oxygen atoms in total. The molecule has 0 heterocycles. The minimum Gasteiger partial charge on any atom is -0.508 e. The van der Waals surface area contributed by atoms with Gasteiger partial charge in [0.25, 0.3) is 0 Å². The Bertz CT molecular complexity index is 660. The molecule has 0 saturated heterocycles. The van der Waals surface area contributed by atoms with Crippen molar-refractivity contribution in [3.8, 4) is 5.75 Å². The summed E-state index contributed by atoms with van der Waals surface area (Å²) in [5.41, 5.74) is -1.20. The molecule has 0 bridgehead atoms. The minimum absolute atomic E-state index is 0.00329. The van der Waals surface area contributed by atoms with Gasteiger partial charge in [0.15, 0.2) is 5.78 Å². The standard InChI is InChI=1S/C15H10F4O2/c16-13-6-3-10(15(17,18)19)8-12(13)14(21)7-9-1-4-11(20)5-2-9/h1-6,8,20H,7H2. The van der Waals surface area contributed by atoms with E-state index in [0.29, 0.717) is 23.8 Å². The molecule has 0 atom stereocenters. The maximum Gasteiger partial charge on any atom is 0.416 e. The van der Waals surface area contributed by atoms with E-state index in [-0.39, 0.29) is 12.2 Å². The van der Waals surface area contributed by atoms with Gasteiger partial charge in [0, 0.05) is 6.42 Å². The van der Waals surface area contributed by atoms with E-state index in [1.54, 1.807) is 0 Å². The Morgan fingerprint density at radius 1 is 1.05 bits per heavy atom. The van der Waals surface area contributed by atoms with Gasteiger partial charge in [-0.25, -0.2) is 4.39 Å². The number of Topliss-reactive ketones (excluding diaryl/α,β-unsaturated/α-hetero) is 1. The lowest BCUT2D eigenvalue weighted by molar-refractivity contribution is -0.137. The van der Waals surface area contributed by atoms with Crippen LogP contribution >= 0.6 is 0 Å². The molecule has 21 heavy (non-hydrogen) atoms. The highest BCUT2D eigenvalue weighted by Crippen LogP contribution is 2.30. The number of rotatable bonds is 3. The van der Waals surface area contributed by atoms with Crippen LogP contribution in [-0.2, 0) is 12.6 Å². The molecule has 0 aliphatic heterocycles. The number of halogens is 4. The minimum atomic E-state index is -4.64. The third-order valence-corrected chi connectivity index (χ3v) is 2.90. The Morgan fingerprint density at radius 3 is 2.24 bits per heavy atom. The van der Waals surface area contributed by atoms with E-state index in [1.807, 2.05) is 0 Å². The fraction of sp³-hybridized carbons (Fsp3) is 0.133. The molecule has 0 spiro atoms. The average molecular weight is 298 g/mol.